The molecular formula is C22H24N2O4S2. The highest BCUT2D eigenvalue weighted by atomic mass is 32.2. The van der Waals surface area contributed by atoms with Gasteiger partial charge >= 0.3 is 5.97 Å². The number of aryl methyl sites for hydroxylation is 1. The minimum absolute atomic E-state index is 0.194. The van der Waals surface area contributed by atoms with Crippen LogP contribution in [-0.2, 0) is 16.1 Å². The lowest BCUT2D eigenvalue weighted by Crippen LogP contribution is -2.18. The molecule has 0 bridgehead atoms. The van der Waals surface area contributed by atoms with E-state index < -0.39 is 0 Å². The highest BCUT2D eigenvalue weighted by molar-refractivity contribution is 7.98. The Balaban J connectivity index is 1.82. The van der Waals surface area contributed by atoms with Crippen molar-refractivity contribution in [3.63, 3.8) is 0 Å². The van der Waals surface area contributed by atoms with E-state index in [1.807, 2.05) is 47.2 Å². The summed E-state index contributed by atoms with van der Waals surface area (Å²) in [6.45, 7) is 3.11. The standard InChI is InChI=1S/C22H24N2O4S2/c1-3-27-21(26)16-9-10-18-19(15-16)30-22(24(18)12-14-29-2)23-20(25)11-13-28-17-7-5-4-6-8-17/h4-10,15H,3,11-14H2,1-2H3. The Bertz CT molecular complexity index is 1070. The minimum atomic E-state index is -0.351. The van der Waals surface area contributed by atoms with E-state index in [1.165, 1.54) is 11.3 Å². The summed E-state index contributed by atoms with van der Waals surface area (Å²) < 4.78 is 13.6. The lowest BCUT2D eigenvalue weighted by molar-refractivity contribution is -0.118. The Hall–Kier alpha value is -2.58. The van der Waals surface area contributed by atoms with Gasteiger partial charge in [0.1, 0.15) is 5.75 Å². The molecule has 8 heteroatoms. The number of rotatable bonds is 9. The number of nitrogens with zero attached hydrogens (tertiary/aromatic N) is 2. The Labute approximate surface area is 183 Å². The molecule has 6 nitrogen and oxygen atoms in total. The normalized spacial score (nSPS) is 11.6. The van der Waals surface area contributed by atoms with Crippen molar-refractivity contribution in [1.29, 1.82) is 0 Å². The number of carbonyl (C=O) groups excluding carboxylic acids is 2. The van der Waals surface area contributed by atoms with Gasteiger partial charge in [0, 0.05) is 12.3 Å². The molecule has 1 heterocycles. The van der Waals surface area contributed by atoms with Crippen molar-refractivity contribution in [2.45, 2.75) is 19.9 Å². The second kappa shape index (κ2) is 11.0. The zero-order valence-corrected chi connectivity index (χ0v) is 18.6. The van der Waals surface area contributed by atoms with Crippen LogP contribution in [0.15, 0.2) is 53.5 Å². The van der Waals surface area contributed by atoms with Crippen molar-refractivity contribution in [2.75, 3.05) is 25.2 Å². The van der Waals surface area contributed by atoms with E-state index in [0.29, 0.717) is 17.0 Å². The zero-order valence-electron chi connectivity index (χ0n) is 17.0. The van der Waals surface area contributed by atoms with E-state index in [9.17, 15) is 9.59 Å². The van der Waals surface area contributed by atoms with Crippen LogP contribution < -0.4 is 9.54 Å². The Morgan fingerprint density at radius 1 is 1.17 bits per heavy atom. The highest BCUT2D eigenvalue weighted by Crippen LogP contribution is 2.20. The first-order valence-corrected chi connectivity index (χ1v) is 11.9. The van der Waals surface area contributed by atoms with Gasteiger partial charge in [-0.3, -0.25) is 4.79 Å². The molecule has 0 aliphatic carbocycles. The van der Waals surface area contributed by atoms with Crippen LogP contribution in [0.1, 0.15) is 23.7 Å². The van der Waals surface area contributed by atoms with Gasteiger partial charge in [0.05, 0.1) is 35.4 Å². The van der Waals surface area contributed by atoms with Crippen LogP contribution in [0.5, 0.6) is 5.75 Å². The van der Waals surface area contributed by atoms with Gasteiger partial charge in [-0.15, -0.1) is 0 Å². The van der Waals surface area contributed by atoms with Crippen LogP contribution in [0.3, 0.4) is 0 Å². The molecule has 3 aromatic rings. The molecule has 0 aliphatic heterocycles. The van der Waals surface area contributed by atoms with Gasteiger partial charge in [-0.25, -0.2) is 4.79 Å². The molecule has 158 valence electrons. The summed E-state index contributed by atoms with van der Waals surface area (Å²) in [6, 6.07) is 14.8. The fourth-order valence-electron chi connectivity index (χ4n) is 2.83. The van der Waals surface area contributed by atoms with Crippen LogP contribution in [-0.4, -0.2) is 41.7 Å². The first-order chi connectivity index (χ1) is 14.6. The van der Waals surface area contributed by atoms with E-state index in [0.717, 1.165) is 28.3 Å². The number of ether oxygens (including phenoxy) is 2. The topological polar surface area (TPSA) is 69.9 Å². The van der Waals surface area contributed by atoms with E-state index in [-0.39, 0.29) is 24.9 Å². The van der Waals surface area contributed by atoms with Gasteiger partial charge in [-0.1, -0.05) is 29.5 Å². The zero-order chi connectivity index (χ0) is 21.3. The number of carbonyl (C=O) groups is 2. The number of hydrogen-bond donors (Lipinski definition) is 0. The molecule has 1 amide bonds. The van der Waals surface area contributed by atoms with Crippen molar-refractivity contribution >= 4 is 45.2 Å². The van der Waals surface area contributed by atoms with Crippen LogP contribution >= 0.6 is 23.1 Å². The average molecular weight is 445 g/mol. The third-order valence-corrected chi connectivity index (χ3v) is 5.89. The molecule has 0 unspecified atom stereocenters. The maximum absolute atomic E-state index is 12.4. The predicted octanol–water partition coefficient (Wildman–Crippen LogP) is 4.14. The summed E-state index contributed by atoms with van der Waals surface area (Å²) in [5, 5.41) is 0. The number of benzene rings is 2. The fraction of sp³-hybridized carbons (Fsp3) is 0.318. The monoisotopic (exact) mass is 444 g/mol. The predicted molar refractivity (Wildman–Crippen MR) is 121 cm³/mol. The van der Waals surface area contributed by atoms with Crippen molar-refractivity contribution < 1.29 is 19.1 Å². The first kappa shape index (κ1) is 22.1. The van der Waals surface area contributed by atoms with Gasteiger partial charge in [0.25, 0.3) is 5.91 Å². The average Bonchev–Trinajstić information content (AvgIpc) is 3.09. The van der Waals surface area contributed by atoms with Gasteiger partial charge in [0.15, 0.2) is 4.80 Å². The number of hydrogen-bond acceptors (Lipinski definition) is 6. The molecule has 0 saturated carbocycles. The lowest BCUT2D eigenvalue weighted by Gasteiger charge is -2.05. The van der Waals surface area contributed by atoms with Gasteiger partial charge in [-0.2, -0.15) is 16.8 Å². The number of para-hydroxylation sites is 1. The molecule has 2 aromatic carbocycles. The molecule has 0 radical (unpaired) electrons. The molecule has 0 saturated heterocycles. The quantitative estimate of drug-likeness (QED) is 0.464. The smallest absolute Gasteiger partial charge is 0.338 e. The van der Waals surface area contributed by atoms with Crippen LogP contribution in [0, 0.1) is 0 Å². The third kappa shape index (κ3) is 5.73. The Morgan fingerprint density at radius 2 is 1.97 bits per heavy atom. The Morgan fingerprint density at radius 3 is 2.70 bits per heavy atom. The lowest BCUT2D eigenvalue weighted by atomic mass is 10.2. The maximum atomic E-state index is 12.4. The van der Waals surface area contributed by atoms with E-state index in [1.54, 1.807) is 30.8 Å². The highest BCUT2D eigenvalue weighted by Gasteiger charge is 2.12. The Kier molecular flexibility index (Phi) is 8.10. The van der Waals surface area contributed by atoms with Crippen molar-refractivity contribution in [2.24, 2.45) is 4.99 Å². The van der Waals surface area contributed by atoms with Crippen LogP contribution in [0.2, 0.25) is 0 Å². The summed E-state index contributed by atoms with van der Waals surface area (Å²) in [7, 11) is 0. The van der Waals surface area contributed by atoms with E-state index in [2.05, 4.69) is 4.99 Å². The second-order valence-corrected chi connectivity index (χ2v) is 8.34. The fourth-order valence-corrected chi connectivity index (χ4v) is 4.31. The molecule has 0 fully saturated rings. The van der Waals surface area contributed by atoms with Crippen molar-refractivity contribution in [1.82, 2.24) is 4.57 Å². The molecule has 0 spiro atoms. The van der Waals surface area contributed by atoms with Crippen molar-refractivity contribution in [3.8, 4) is 5.75 Å². The minimum Gasteiger partial charge on any atom is -0.493 e. The third-order valence-electron chi connectivity index (χ3n) is 4.26. The van der Waals surface area contributed by atoms with Gasteiger partial charge < -0.3 is 14.0 Å². The largest absolute Gasteiger partial charge is 0.493 e. The number of amides is 1. The van der Waals surface area contributed by atoms with Crippen LogP contribution in [0.4, 0.5) is 0 Å². The summed E-state index contributed by atoms with van der Waals surface area (Å²) in [6.07, 6.45) is 2.23. The summed E-state index contributed by atoms with van der Waals surface area (Å²) in [5.74, 6) is 1.04. The molecular weight excluding hydrogens is 420 g/mol. The number of aromatic nitrogens is 1. The number of esters is 1. The molecule has 0 N–H and O–H groups in total. The van der Waals surface area contributed by atoms with Crippen LogP contribution in [0.25, 0.3) is 10.2 Å². The van der Waals surface area contributed by atoms with E-state index in [4.69, 9.17) is 9.47 Å². The summed E-state index contributed by atoms with van der Waals surface area (Å²) >= 11 is 3.13. The molecule has 0 aliphatic rings. The van der Waals surface area contributed by atoms with Gasteiger partial charge in [-0.05, 0) is 43.5 Å². The number of thiazole rings is 1. The summed E-state index contributed by atoms with van der Waals surface area (Å²) in [4.78, 5) is 29.4. The van der Waals surface area contributed by atoms with Gasteiger partial charge in [0.2, 0.25) is 0 Å². The number of thioether (sulfide) groups is 1. The first-order valence-electron chi connectivity index (χ1n) is 9.67. The molecule has 1 aromatic heterocycles. The summed E-state index contributed by atoms with van der Waals surface area (Å²) in [5.41, 5.74) is 1.45. The number of fused-ring (bicyclic) bond motifs is 1. The maximum Gasteiger partial charge on any atom is 0.338 e. The molecule has 3 rings (SSSR count). The SMILES string of the molecule is CCOC(=O)c1ccc2c(c1)sc(=NC(=O)CCOc1ccccc1)n2CCSC. The molecule has 0 atom stereocenters. The van der Waals surface area contributed by atoms with E-state index >= 15 is 0 Å². The van der Waals surface area contributed by atoms with Crippen molar-refractivity contribution in [3.05, 3.63) is 58.9 Å². The second-order valence-electron chi connectivity index (χ2n) is 6.35. The molecule has 30 heavy (non-hydrogen) atoms.